The fraction of sp³-hybridized carbons (Fsp3) is 0.375. The second kappa shape index (κ2) is 7.34. The number of carbonyl (C=O) groups is 2. The first kappa shape index (κ1) is 14.9. The van der Waals surface area contributed by atoms with Gasteiger partial charge in [0.1, 0.15) is 0 Å². The van der Waals surface area contributed by atoms with Gasteiger partial charge in [0.2, 0.25) is 5.91 Å². The van der Waals surface area contributed by atoms with Crippen molar-refractivity contribution in [3.8, 4) is 11.8 Å². The van der Waals surface area contributed by atoms with Crippen LogP contribution in [0.4, 0.5) is 10.5 Å². The van der Waals surface area contributed by atoms with E-state index in [1.807, 2.05) is 31.2 Å². The van der Waals surface area contributed by atoms with E-state index in [9.17, 15) is 9.59 Å². The van der Waals surface area contributed by atoms with E-state index in [2.05, 4.69) is 22.5 Å². The van der Waals surface area contributed by atoms with Crippen LogP contribution in [-0.2, 0) is 4.79 Å². The smallest absolute Gasteiger partial charge is 0.321 e. The van der Waals surface area contributed by atoms with E-state index in [0.717, 1.165) is 17.7 Å². The molecule has 0 atom stereocenters. The summed E-state index contributed by atoms with van der Waals surface area (Å²) in [4.78, 5) is 24.5. The van der Waals surface area contributed by atoms with Gasteiger partial charge in [0.05, 0.1) is 6.54 Å². The first-order chi connectivity index (χ1) is 10.2. The van der Waals surface area contributed by atoms with Gasteiger partial charge in [0.15, 0.2) is 0 Å². The fourth-order valence-electron chi connectivity index (χ4n) is 2.05. The van der Waals surface area contributed by atoms with Gasteiger partial charge in [0, 0.05) is 30.8 Å². The van der Waals surface area contributed by atoms with Gasteiger partial charge >= 0.3 is 6.03 Å². The number of amides is 3. The van der Waals surface area contributed by atoms with Crippen LogP contribution < -0.4 is 15.5 Å². The van der Waals surface area contributed by atoms with Crippen molar-refractivity contribution in [2.24, 2.45) is 0 Å². The number of nitrogens with one attached hydrogen (secondary N) is 2. The zero-order valence-corrected chi connectivity index (χ0v) is 12.1. The summed E-state index contributed by atoms with van der Waals surface area (Å²) < 4.78 is 0. The van der Waals surface area contributed by atoms with E-state index in [-0.39, 0.29) is 11.9 Å². The minimum Gasteiger partial charge on any atom is -0.345 e. The van der Waals surface area contributed by atoms with Gasteiger partial charge in [-0.2, -0.15) is 0 Å². The Morgan fingerprint density at radius 1 is 1.38 bits per heavy atom. The minimum atomic E-state index is -0.0625. The number of hydrogen-bond donors (Lipinski definition) is 2. The van der Waals surface area contributed by atoms with Crippen LogP contribution in [0.1, 0.15) is 25.3 Å². The van der Waals surface area contributed by atoms with Crippen LogP contribution in [0.2, 0.25) is 0 Å². The number of urea groups is 1. The third-order valence-corrected chi connectivity index (χ3v) is 3.12. The van der Waals surface area contributed by atoms with Crippen LogP contribution in [0.5, 0.6) is 0 Å². The van der Waals surface area contributed by atoms with Crippen molar-refractivity contribution < 1.29 is 9.59 Å². The van der Waals surface area contributed by atoms with Gasteiger partial charge in [-0.25, -0.2) is 4.79 Å². The molecule has 0 spiro atoms. The van der Waals surface area contributed by atoms with Crippen molar-refractivity contribution in [2.75, 3.05) is 24.5 Å². The zero-order chi connectivity index (χ0) is 15.1. The van der Waals surface area contributed by atoms with Gasteiger partial charge < -0.3 is 10.6 Å². The molecular formula is C16H19N3O2. The Balaban J connectivity index is 1.88. The molecule has 1 aromatic carbocycles. The first-order valence-electron chi connectivity index (χ1n) is 7.11. The highest BCUT2D eigenvalue weighted by Gasteiger charge is 2.20. The number of hydrogen-bond acceptors (Lipinski definition) is 2. The molecule has 0 radical (unpaired) electrons. The molecule has 110 valence electrons. The molecule has 0 bridgehead atoms. The Bertz CT molecular complexity index is 569. The lowest BCUT2D eigenvalue weighted by Crippen LogP contribution is -2.27. The van der Waals surface area contributed by atoms with Crippen molar-refractivity contribution in [3.05, 3.63) is 29.8 Å². The third kappa shape index (κ3) is 4.25. The zero-order valence-electron chi connectivity index (χ0n) is 12.1. The molecule has 5 nitrogen and oxygen atoms in total. The average molecular weight is 285 g/mol. The van der Waals surface area contributed by atoms with Crippen molar-refractivity contribution in [2.45, 2.75) is 19.8 Å². The molecule has 2 N–H and O–H groups in total. The van der Waals surface area contributed by atoms with E-state index in [1.54, 1.807) is 4.90 Å². The Morgan fingerprint density at radius 3 is 2.76 bits per heavy atom. The maximum Gasteiger partial charge on any atom is 0.321 e. The Labute approximate surface area is 124 Å². The average Bonchev–Trinajstić information content (AvgIpc) is 2.91. The molecule has 1 aliphatic rings. The fourth-order valence-corrected chi connectivity index (χ4v) is 2.05. The Morgan fingerprint density at radius 2 is 2.14 bits per heavy atom. The molecule has 1 saturated heterocycles. The number of rotatable bonds is 4. The van der Waals surface area contributed by atoms with Crippen LogP contribution in [0.25, 0.3) is 0 Å². The molecule has 0 aliphatic carbocycles. The van der Waals surface area contributed by atoms with Crippen LogP contribution >= 0.6 is 0 Å². The maximum atomic E-state index is 11.5. The van der Waals surface area contributed by atoms with Gasteiger partial charge in [-0.3, -0.25) is 9.69 Å². The van der Waals surface area contributed by atoms with Crippen LogP contribution in [0.3, 0.4) is 0 Å². The van der Waals surface area contributed by atoms with E-state index >= 15 is 0 Å². The topological polar surface area (TPSA) is 61.4 Å². The van der Waals surface area contributed by atoms with Gasteiger partial charge in [0.25, 0.3) is 0 Å². The summed E-state index contributed by atoms with van der Waals surface area (Å²) >= 11 is 0. The van der Waals surface area contributed by atoms with Gasteiger partial charge in [-0.1, -0.05) is 18.8 Å². The number of nitrogens with zero attached hydrogens (tertiary/aromatic N) is 1. The first-order valence-corrected chi connectivity index (χ1v) is 7.11. The van der Waals surface area contributed by atoms with E-state index in [4.69, 9.17) is 0 Å². The normalized spacial score (nSPS) is 13.4. The van der Waals surface area contributed by atoms with E-state index < -0.39 is 0 Å². The molecule has 3 amide bonds. The summed E-state index contributed by atoms with van der Waals surface area (Å²) in [5.41, 5.74) is 1.73. The summed E-state index contributed by atoms with van der Waals surface area (Å²) in [5, 5.41) is 5.51. The van der Waals surface area contributed by atoms with Crippen molar-refractivity contribution in [3.63, 3.8) is 0 Å². The standard InChI is InChI=1S/C16H19N3O2/c1-2-4-15(20)17-10-3-5-13-6-8-14(9-7-13)19-12-11-18-16(19)21/h6-9H,2,4,10-12H2,1H3,(H,17,20)(H,18,21). The molecule has 21 heavy (non-hydrogen) atoms. The van der Waals surface area contributed by atoms with E-state index in [1.165, 1.54) is 0 Å². The molecule has 0 aromatic heterocycles. The lowest BCUT2D eigenvalue weighted by atomic mass is 10.2. The third-order valence-electron chi connectivity index (χ3n) is 3.12. The van der Waals surface area contributed by atoms with Crippen molar-refractivity contribution in [1.29, 1.82) is 0 Å². The number of benzene rings is 1. The molecule has 1 heterocycles. The summed E-state index contributed by atoms with van der Waals surface area (Å²) in [5.74, 6) is 5.93. The predicted octanol–water partition coefficient (Wildman–Crippen LogP) is 1.48. The van der Waals surface area contributed by atoms with E-state index in [0.29, 0.717) is 26.1 Å². The second-order valence-corrected chi connectivity index (χ2v) is 4.76. The lowest BCUT2D eigenvalue weighted by Gasteiger charge is -2.13. The van der Waals surface area contributed by atoms with Crippen molar-refractivity contribution in [1.82, 2.24) is 10.6 Å². The maximum absolute atomic E-state index is 11.5. The quantitative estimate of drug-likeness (QED) is 0.823. The summed E-state index contributed by atoms with van der Waals surface area (Å²) in [6, 6.07) is 7.45. The highest BCUT2D eigenvalue weighted by atomic mass is 16.2. The molecule has 2 rings (SSSR count). The van der Waals surface area contributed by atoms with Gasteiger partial charge in [-0.05, 0) is 30.7 Å². The molecule has 0 saturated carbocycles. The molecule has 5 heteroatoms. The number of anilines is 1. The summed E-state index contributed by atoms with van der Waals surface area (Å²) in [6.45, 7) is 3.69. The monoisotopic (exact) mass is 285 g/mol. The number of carbonyl (C=O) groups excluding carboxylic acids is 2. The summed E-state index contributed by atoms with van der Waals surface area (Å²) in [7, 11) is 0. The predicted molar refractivity (Wildman–Crippen MR) is 82.0 cm³/mol. The highest BCUT2D eigenvalue weighted by molar-refractivity contribution is 5.94. The SMILES string of the molecule is CCCC(=O)NCC#Cc1ccc(N2CCNC2=O)cc1. The molecule has 1 fully saturated rings. The Kier molecular flexibility index (Phi) is 5.22. The minimum absolute atomic E-state index is 0.0298. The largest absolute Gasteiger partial charge is 0.345 e. The van der Waals surface area contributed by atoms with Crippen LogP contribution in [0.15, 0.2) is 24.3 Å². The molecule has 0 unspecified atom stereocenters. The molecule has 1 aromatic rings. The highest BCUT2D eigenvalue weighted by Crippen LogP contribution is 2.16. The van der Waals surface area contributed by atoms with Crippen LogP contribution in [0, 0.1) is 11.8 Å². The second-order valence-electron chi connectivity index (χ2n) is 4.76. The van der Waals surface area contributed by atoms with Crippen LogP contribution in [-0.4, -0.2) is 31.6 Å². The Hall–Kier alpha value is -2.48. The summed E-state index contributed by atoms with van der Waals surface area (Å²) in [6.07, 6.45) is 1.37. The lowest BCUT2D eigenvalue weighted by molar-refractivity contribution is -0.120. The molecular weight excluding hydrogens is 266 g/mol. The van der Waals surface area contributed by atoms with Gasteiger partial charge in [-0.15, -0.1) is 0 Å². The molecule has 1 aliphatic heterocycles. The van der Waals surface area contributed by atoms with Crippen molar-refractivity contribution >= 4 is 17.6 Å².